The Labute approximate surface area is 93.2 Å². The van der Waals surface area contributed by atoms with Crippen molar-refractivity contribution in [2.75, 3.05) is 32.7 Å². The Balaban J connectivity index is 2.89. The number of likely N-dealkylation sites (N-methyl/N-ethyl adjacent to an activating group) is 1. The van der Waals surface area contributed by atoms with Gasteiger partial charge in [0.2, 0.25) is 5.91 Å². The van der Waals surface area contributed by atoms with E-state index in [1.165, 1.54) is 12.8 Å². The lowest BCUT2D eigenvalue weighted by atomic mass is 10.2. The molecule has 0 aromatic carbocycles. The number of hydrogen-bond acceptors (Lipinski definition) is 3. The molecule has 3 N–H and O–H groups in total. The van der Waals surface area contributed by atoms with Crippen LogP contribution >= 0.6 is 0 Å². The molecule has 0 aliphatic heterocycles. The zero-order valence-electron chi connectivity index (χ0n) is 10.1. The summed E-state index contributed by atoms with van der Waals surface area (Å²) >= 11 is 0. The van der Waals surface area contributed by atoms with Crippen LogP contribution < -0.4 is 16.0 Å². The number of carbonyl (C=O) groups is 1. The van der Waals surface area contributed by atoms with Crippen LogP contribution in [0.2, 0.25) is 0 Å². The molecule has 1 amide bonds. The highest BCUT2D eigenvalue weighted by atomic mass is 16.1. The highest BCUT2D eigenvalue weighted by molar-refractivity contribution is 5.72. The van der Waals surface area contributed by atoms with Gasteiger partial charge in [-0.05, 0) is 25.9 Å². The molecule has 0 aromatic rings. The predicted molar refractivity (Wildman–Crippen MR) is 63.9 cm³/mol. The SMILES string of the molecule is CCNCCNCCCCCNC(C)=O. The number of carbonyl (C=O) groups excluding carboxylic acids is 1. The standard InChI is InChI=1S/C11H25N3O/c1-3-12-9-10-13-7-5-4-6-8-14-11(2)15/h12-13H,3-10H2,1-2H3,(H,14,15). The first-order valence-corrected chi connectivity index (χ1v) is 5.93. The van der Waals surface area contributed by atoms with Crippen LogP contribution in [0.5, 0.6) is 0 Å². The minimum Gasteiger partial charge on any atom is -0.356 e. The molecule has 4 nitrogen and oxygen atoms in total. The van der Waals surface area contributed by atoms with Crippen molar-refractivity contribution in [1.82, 2.24) is 16.0 Å². The summed E-state index contributed by atoms with van der Waals surface area (Å²) in [4.78, 5) is 10.5. The Morgan fingerprint density at radius 3 is 2.27 bits per heavy atom. The Hall–Kier alpha value is -0.610. The number of nitrogens with one attached hydrogen (secondary N) is 3. The summed E-state index contributed by atoms with van der Waals surface area (Å²) in [7, 11) is 0. The average molecular weight is 215 g/mol. The first kappa shape index (κ1) is 14.4. The smallest absolute Gasteiger partial charge is 0.216 e. The normalized spacial score (nSPS) is 10.3. The molecule has 0 aliphatic carbocycles. The lowest BCUT2D eigenvalue weighted by Crippen LogP contribution is -2.27. The third-order valence-corrected chi connectivity index (χ3v) is 2.13. The molecule has 0 aromatic heterocycles. The second-order valence-electron chi connectivity index (χ2n) is 3.65. The first-order valence-electron chi connectivity index (χ1n) is 5.93. The number of rotatable bonds is 10. The maximum absolute atomic E-state index is 10.5. The topological polar surface area (TPSA) is 53.2 Å². The minimum atomic E-state index is 0.0683. The van der Waals surface area contributed by atoms with Crippen molar-refractivity contribution in [3.63, 3.8) is 0 Å². The van der Waals surface area contributed by atoms with E-state index >= 15 is 0 Å². The van der Waals surface area contributed by atoms with E-state index in [4.69, 9.17) is 0 Å². The molecule has 4 heteroatoms. The van der Waals surface area contributed by atoms with Crippen LogP contribution in [0.1, 0.15) is 33.1 Å². The van der Waals surface area contributed by atoms with Crippen LogP contribution in [0.3, 0.4) is 0 Å². The fourth-order valence-electron chi connectivity index (χ4n) is 1.29. The minimum absolute atomic E-state index is 0.0683. The fourth-order valence-corrected chi connectivity index (χ4v) is 1.29. The van der Waals surface area contributed by atoms with Gasteiger partial charge in [-0.1, -0.05) is 13.3 Å². The van der Waals surface area contributed by atoms with Gasteiger partial charge in [-0.2, -0.15) is 0 Å². The van der Waals surface area contributed by atoms with Crippen molar-refractivity contribution in [3.05, 3.63) is 0 Å². The molecule has 0 rings (SSSR count). The van der Waals surface area contributed by atoms with Crippen LogP contribution in [0, 0.1) is 0 Å². The lowest BCUT2D eigenvalue weighted by molar-refractivity contribution is -0.118. The van der Waals surface area contributed by atoms with E-state index in [2.05, 4.69) is 22.9 Å². The Morgan fingerprint density at radius 1 is 0.933 bits per heavy atom. The monoisotopic (exact) mass is 215 g/mol. The van der Waals surface area contributed by atoms with Gasteiger partial charge < -0.3 is 16.0 Å². The van der Waals surface area contributed by atoms with Crippen molar-refractivity contribution < 1.29 is 4.79 Å². The molecular formula is C11H25N3O. The summed E-state index contributed by atoms with van der Waals surface area (Å²) in [6.45, 7) is 8.68. The summed E-state index contributed by atoms with van der Waals surface area (Å²) < 4.78 is 0. The molecule has 0 heterocycles. The van der Waals surface area contributed by atoms with E-state index in [-0.39, 0.29) is 5.91 Å². The maximum atomic E-state index is 10.5. The van der Waals surface area contributed by atoms with Gasteiger partial charge in [0.25, 0.3) is 0 Å². The van der Waals surface area contributed by atoms with E-state index in [0.29, 0.717) is 0 Å². The quantitative estimate of drug-likeness (QED) is 0.465. The second-order valence-corrected chi connectivity index (χ2v) is 3.65. The summed E-state index contributed by atoms with van der Waals surface area (Å²) in [6.07, 6.45) is 3.44. The van der Waals surface area contributed by atoms with Crippen molar-refractivity contribution in [2.24, 2.45) is 0 Å². The second kappa shape index (κ2) is 11.5. The Kier molecular flexibility index (Phi) is 11.0. The molecule has 0 spiro atoms. The number of hydrogen-bond donors (Lipinski definition) is 3. The van der Waals surface area contributed by atoms with Crippen LogP contribution in [0.15, 0.2) is 0 Å². The number of amides is 1. The van der Waals surface area contributed by atoms with Crippen LogP contribution in [0.4, 0.5) is 0 Å². The van der Waals surface area contributed by atoms with Gasteiger partial charge in [0.05, 0.1) is 0 Å². The molecule has 0 unspecified atom stereocenters. The molecular weight excluding hydrogens is 190 g/mol. The van der Waals surface area contributed by atoms with Gasteiger partial charge in [-0.15, -0.1) is 0 Å². The van der Waals surface area contributed by atoms with Crippen molar-refractivity contribution >= 4 is 5.91 Å². The Bertz CT molecular complexity index is 151. The lowest BCUT2D eigenvalue weighted by Gasteiger charge is -2.05. The third kappa shape index (κ3) is 13.4. The van der Waals surface area contributed by atoms with Gasteiger partial charge in [-0.3, -0.25) is 4.79 Å². The molecule has 0 saturated carbocycles. The van der Waals surface area contributed by atoms with E-state index < -0.39 is 0 Å². The molecule has 0 fully saturated rings. The highest BCUT2D eigenvalue weighted by Gasteiger charge is 1.91. The van der Waals surface area contributed by atoms with Gasteiger partial charge in [0, 0.05) is 26.6 Å². The zero-order valence-corrected chi connectivity index (χ0v) is 10.1. The predicted octanol–water partition coefficient (Wildman–Crippen LogP) is 0.492. The molecule has 0 bridgehead atoms. The number of unbranched alkanes of at least 4 members (excludes halogenated alkanes) is 2. The largest absolute Gasteiger partial charge is 0.356 e. The van der Waals surface area contributed by atoms with Gasteiger partial charge in [-0.25, -0.2) is 0 Å². The van der Waals surface area contributed by atoms with E-state index in [1.54, 1.807) is 6.92 Å². The van der Waals surface area contributed by atoms with E-state index in [1.807, 2.05) is 0 Å². The van der Waals surface area contributed by atoms with Gasteiger partial charge in [0.15, 0.2) is 0 Å². The van der Waals surface area contributed by atoms with Gasteiger partial charge in [0.1, 0.15) is 0 Å². The maximum Gasteiger partial charge on any atom is 0.216 e. The molecule has 0 saturated heterocycles. The molecule has 90 valence electrons. The molecule has 15 heavy (non-hydrogen) atoms. The van der Waals surface area contributed by atoms with Crippen LogP contribution in [-0.2, 0) is 4.79 Å². The first-order chi connectivity index (χ1) is 7.27. The van der Waals surface area contributed by atoms with Gasteiger partial charge >= 0.3 is 0 Å². The average Bonchev–Trinajstić information content (AvgIpc) is 2.20. The van der Waals surface area contributed by atoms with Crippen LogP contribution in [-0.4, -0.2) is 38.6 Å². The molecule has 0 aliphatic rings. The summed E-state index contributed by atoms with van der Waals surface area (Å²) in [5.74, 6) is 0.0683. The van der Waals surface area contributed by atoms with Crippen molar-refractivity contribution in [3.8, 4) is 0 Å². The summed E-state index contributed by atoms with van der Waals surface area (Å²) in [6, 6.07) is 0. The molecule has 0 atom stereocenters. The summed E-state index contributed by atoms with van der Waals surface area (Å²) in [5, 5.41) is 9.43. The summed E-state index contributed by atoms with van der Waals surface area (Å²) in [5.41, 5.74) is 0. The van der Waals surface area contributed by atoms with Crippen molar-refractivity contribution in [1.29, 1.82) is 0 Å². The van der Waals surface area contributed by atoms with E-state index in [9.17, 15) is 4.79 Å². The molecule has 0 radical (unpaired) electrons. The van der Waals surface area contributed by atoms with Crippen molar-refractivity contribution in [2.45, 2.75) is 33.1 Å². The third-order valence-electron chi connectivity index (χ3n) is 2.13. The zero-order chi connectivity index (χ0) is 11.4. The Morgan fingerprint density at radius 2 is 1.60 bits per heavy atom. The van der Waals surface area contributed by atoms with Crippen LogP contribution in [0.25, 0.3) is 0 Å². The fraction of sp³-hybridized carbons (Fsp3) is 0.909. The van der Waals surface area contributed by atoms with E-state index in [0.717, 1.165) is 39.1 Å². The highest BCUT2D eigenvalue weighted by Crippen LogP contribution is 1.91.